The number of carbonyl (C=O) groups excluding carboxylic acids is 3. The van der Waals surface area contributed by atoms with Crippen LogP contribution in [0.25, 0.3) is 21.9 Å². The van der Waals surface area contributed by atoms with E-state index in [0.717, 1.165) is 20.7 Å². The number of nitriles is 1. The van der Waals surface area contributed by atoms with E-state index in [0.29, 0.717) is 10.6 Å². The molecule has 0 fully saturated rings. The van der Waals surface area contributed by atoms with E-state index in [-0.39, 0.29) is 16.9 Å². The third kappa shape index (κ3) is 3.96. The topological polar surface area (TPSA) is 100 Å². The number of carbonyl (C=O) groups is 3. The highest BCUT2D eigenvalue weighted by Gasteiger charge is 2.36. The molecule has 8 heteroatoms. The summed E-state index contributed by atoms with van der Waals surface area (Å²) in [6.45, 7) is -0.482. The number of imide groups is 1. The highest BCUT2D eigenvalue weighted by Crippen LogP contribution is 2.28. The number of thiazole rings is 1. The summed E-state index contributed by atoms with van der Waals surface area (Å²) in [6.07, 6.45) is 1.71. The van der Waals surface area contributed by atoms with Gasteiger partial charge in [-0.3, -0.25) is 14.5 Å². The number of rotatable bonds is 5. The molecule has 1 aromatic heterocycles. The van der Waals surface area contributed by atoms with Crippen LogP contribution < -0.4 is 4.74 Å². The fraction of sp³-hybridized carbons (Fsp3) is 0.0385. The van der Waals surface area contributed by atoms with E-state index in [2.05, 4.69) is 11.1 Å². The Balaban J connectivity index is 1.27. The summed E-state index contributed by atoms with van der Waals surface area (Å²) in [7, 11) is 0. The van der Waals surface area contributed by atoms with Crippen molar-refractivity contribution in [1.29, 1.82) is 5.26 Å². The Morgan fingerprint density at radius 1 is 0.971 bits per heavy atom. The second-order valence-electron chi connectivity index (χ2n) is 7.44. The number of nitrogens with zero attached hydrogens (tertiary/aromatic N) is 3. The van der Waals surface area contributed by atoms with Gasteiger partial charge in [0.2, 0.25) is 0 Å². The van der Waals surface area contributed by atoms with E-state index < -0.39 is 24.3 Å². The minimum absolute atomic E-state index is 0.261. The predicted molar refractivity (Wildman–Crippen MR) is 127 cm³/mol. The van der Waals surface area contributed by atoms with Gasteiger partial charge in [-0.15, -0.1) is 11.3 Å². The third-order valence-corrected chi connectivity index (χ3v) is 6.30. The van der Waals surface area contributed by atoms with Crippen LogP contribution in [0.2, 0.25) is 0 Å². The Bertz CT molecular complexity index is 1460. The highest BCUT2D eigenvalue weighted by molar-refractivity contribution is 7.19. The molecule has 0 spiro atoms. The number of para-hydroxylation sites is 1. The van der Waals surface area contributed by atoms with Crippen molar-refractivity contribution in [2.45, 2.75) is 0 Å². The molecule has 0 N–H and O–H groups in total. The molecule has 0 unspecified atom stereocenters. The fourth-order valence-corrected chi connectivity index (χ4v) is 4.54. The summed E-state index contributed by atoms with van der Waals surface area (Å²) in [4.78, 5) is 42.6. The molecule has 7 nitrogen and oxygen atoms in total. The lowest BCUT2D eigenvalue weighted by Crippen LogP contribution is -2.36. The van der Waals surface area contributed by atoms with Crippen LogP contribution in [-0.2, 0) is 4.79 Å². The van der Waals surface area contributed by atoms with Crippen LogP contribution in [0.1, 0.15) is 31.3 Å². The number of amides is 2. The van der Waals surface area contributed by atoms with Crippen molar-refractivity contribution < 1.29 is 19.1 Å². The van der Waals surface area contributed by atoms with E-state index in [1.165, 1.54) is 11.3 Å². The number of ether oxygens (including phenoxy) is 1. The maximum atomic E-state index is 12.4. The quantitative estimate of drug-likeness (QED) is 0.185. The monoisotopic (exact) mass is 465 g/mol. The first-order chi connectivity index (χ1) is 16.5. The molecule has 2 amide bonds. The minimum Gasteiger partial charge on any atom is -0.425 e. The van der Waals surface area contributed by atoms with Gasteiger partial charge in [0.15, 0.2) is 0 Å². The number of benzene rings is 3. The standard InChI is InChI=1S/C26H15N3O4S/c27-14-17(24-28-21-7-3-4-8-22(21)34-24)13-16-9-11-18(12-10-16)33-23(30)15-29-25(31)19-5-1-2-6-20(19)26(29)32/h1-13H,15H2/b17-13+. The molecule has 0 aliphatic carbocycles. The Labute approximate surface area is 198 Å². The van der Waals surface area contributed by atoms with Gasteiger partial charge >= 0.3 is 5.97 Å². The number of fused-ring (bicyclic) bond motifs is 2. The summed E-state index contributed by atoms with van der Waals surface area (Å²) in [6, 6.07) is 22.9. The van der Waals surface area contributed by atoms with Crippen molar-refractivity contribution in [3.8, 4) is 11.8 Å². The Morgan fingerprint density at radius 2 is 1.62 bits per heavy atom. The zero-order chi connectivity index (χ0) is 23.7. The van der Waals surface area contributed by atoms with Gasteiger partial charge in [0.25, 0.3) is 11.8 Å². The number of aromatic nitrogens is 1. The van der Waals surface area contributed by atoms with Gasteiger partial charge in [-0.1, -0.05) is 36.4 Å². The summed E-state index contributed by atoms with van der Waals surface area (Å²) in [5, 5.41) is 10.2. The molecule has 0 saturated carbocycles. The molecule has 1 aliphatic rings. The van der Waals surface area contributed by atoms with Crippen LogP contribution in [0.5, 0.6) is 5.75 Å². The molecule has 0 saturated heterocycles. The normalized spacial score (nSPS) is 13.1. The largest absolute Gasteiger partial charge is 0.425 e. The second kappa shape index (κ2) is 8.73. The van der Waals surface area contributed by atoms with E-state index >= 15 is 0 Å². The van der Waals surface area contributed by atoms with Crippen molar-refractivity contribution in [3.05, 3.63) is 94.5 Å². The van der Waals surface area contributed by atoms with Crippen LogP contribution >= 0.6 is 11.3 Å². The molecule has 3 aromatic carbocycles. The minimum atomic E-state index is -0.731. The molecule has 0 atom stereocenters. The van der Waals surface area contributed by atoms with E-state index in [1.807, 2.05) is 24.3 Å². The van der Waals surface area contributed by atoms with Crippen molar-refractivity contribution in [2.75, 3.05) is 6.54 Å². The first-order valence-electron chi connectivity index (χ1n) is 10.3. The molecule has 5 rings (SSSR count). The molecular formula is C26H15N3O4S. The van der Waals surface area contributed by atoms with Gasteiger partial charge in [-0.05, 0) is 48.0 Å². The van der Waals surface area contributed by atoms with Gasteiger partial charge in [0, 0.05) is 0 Å². The molecule has 4 aromatic rings. The van der Waals surface area contributed by atoms with E-state index in [1.54, 1.807) is 54.6 Å². The van der Waals surface area contributed by atoms with Gasteiger partial charge < -0.3 is 4.74 Å². The maximum absolute atomic E-state index is 12.4. The summed E-state index contributed by atoms with van der Waals surface area (Å²) in [5.74, 6) is -1.50. The lowest BCUT2D eigenvalue weighted by molar-refractivity contribution is -0.134. The van der Waals surface area contributed by atoms with Crippen LogP contribution in [-0.4, -0.2) is 34.2 Å². The molecule has 0 radical (unpaired) electrons. The van der Waals surface area contributed by atoms with Gasteiger partial charge in [0.1, 0.15) is 23.4 Å². The number of hydrogen-bond donors (Lipinski definition) is 0. The number of allylic oxidation sites excluding steroid dienone is 1. The second-order valence-corrected chi connectivity index (χ2v) is 8.47. The van der Waals surface area contributed by atoms with Crippen LogP contribution in [0.3, 0.4) is 0 Å². The Hall–Kier alpha value is -4.61. The summed E-state index contributed by atoms with van der Waals surface area (Å²) < 4.78 is 6.30. The van der Waals surface area contributed by atoms with Crippen LogP contribution in [0.15, 0.2) is 72.8 Å². The maximum Gasteiger partial charge on any atom is 0.331 e. The highest BCUT2D eigenvalue weighted by atomic mass is 32.1. The smallest absolute Gasteiger partial charge is 0.331 e. The molecule has 0 bridgehead atoms. The zero-order valence-corrected chi connectivity index (χ0v) is 18.4. The Kier molecular flexibility index (Phi) is 5.46. The van der Waals surface area contributed by atoms with E-state index in [9.17, 15) is 19.6 Å². The Morgan fingerprint density at radius 3 is 2.26 bits per heavy atom. The average molecular weight is 465 g/mol. The van der Waals surface area contributed by atoms with Crippen molar-refractivity contribution in [2.24, 2.45) is 0 Å². The molecular weight excluding hydrogens is 450 g/mol. The van der Waals surface area contributed by atoms with Gasteiger partial charge in [-0.25, -0.2) is 9.78 Å². The molecule has 34 heavy (non-hydrogen) atoms. The zero-order valence-electron chi connectivity index (χ0n) is 17.6. The lowest BCUT2D eigenvalue weighted by Gasteiger charge is -2.13. The van der Waals surface area contributed by atoms with Crippen molar-refractivity contribution in [3.63, 3.8) is 0 Å². The SMILES string of the molecule is N#C/C(=C\c1ccc(OC(=O)CN2C(=O)c3ccccc3C2=O)cc1)c1nc2ccccc2s1. The number of hydrogen-bond acceptors (Lipinski definition) is 7. The van der Waals surface area contributed by atoms with Crippen molar-refractivity contribution in [1.82, 2.24) is 9.88 Å². The van der Waals surface area contributed by atoms with Crippen LogP contribution in [0, 0.1) is 11.3 Å². The summed E-state index contributed by atoms with van der Waals surface area (Å²) in [5.41, 5.74) is 2.55. The van der Waals surface area contributed by atoms with Gasteiger partial charge in [0.05, 0.1) is 26.9 Å². The van der Waals surface area contributed by atoms with Crippen molar-refractivity contribution >= 4 is 51.0 Å². The summed E-state index contributed by atoms with van der Waals surface area (Å²) >= 11 is 1.44. The van der Waals surface area contributed by atoms with Gasteiger partial charge in [-0.2, -0.15) is 5.26 Å². The lowest BCUT2D eigenvalue weighted by atomic mass is 10.1. The van der Waals surface area contributed by atoms with E-state index in [4.69, 9.17) is 4.74 Å². The molecule has 1 aliphatic heterocycles. The average Bonchev–Trinajstić information content (AvgIpc) is 3.39. The molecule has 2 heterocycles. The fourth-order valence-electron chi connectivity index (χ4n) is 3.60. The molecule has 164 valence electrons. The van der Waals surface area contributed by atoms with Crippen LogP contribution in [0.4, 0.5) is 0 Å². The first-order valence-corrected chi connectivity index (χ1v) is 11.1. The third-order valence-electron chi connectivity index (χ3n) is 5.23. The first kappa shape index (κ1) is 21.2. The predicted octanol–water partition coefficient (Wildman–Crippen LogP) is 4.56. The number of esters is 1.